The molecule has 1 heterocycles. The Labute approximate surface area is 175 Å². The Morgan fingerprint density at radius 3 is 2.46 bits per heavy atom. The van der Waals surface area contributed by atoms with Crippen molar-refractivity contribution in [1.82, 2.24) is 15.3 Å². The topological polar surface area (TPSA) is 70.2 Å². The number of carbonyl (C=O) groups is 1. The summed E-state index contributed by atoms with van der Waals surface area (Å²) in [4.78, 5) is 23.4. The van der Waals surface area contributed by atoms with Gasteiger partial charge in [-0.2, -0.15) is 4.98 Å². The van der Waals surface area contributed by atoms with Crippen LogP contribution >= 0.6 is 15.9 Å². The average molecular weight is 446 g/mol. The summed E-state index contributed by atoms with van der Waals surface area (Å²) in [6.45, 7) is 2.72. The maximum Gasteiger partial charge on any atom is 0.251 e. The third-order valence-corrected chi connectivity index (χ3v) is 5.67. The molecule has 0 atom stereocenters. The summed E-state index contributed by atoms with van der Waals surface area (Å²) in [7, 11) is 3.97. The molecule has 0 bridgehead atoms. The molecule has 7 heteroatoms. The highest BCUT2D eigenvalue weighted by molar-refractivity contribution is 9.10. The van der Waals surface area contributed by atoms with Crippen LogP contribution in [0.5, 0.6) is 0 Å². The molecule has 1 amide bonds. The van der Waals surface area contributed by atoms with Crippen molar-refractivity contribution in [2.24, 2.45) is 5.92 Å². The number of carbonyl (C=O) groups excluding carboxylic acids is 1. The second-order valence-corrected chi connectivity index (χ2v) is 8.58. The van der Waals surface area contributed by atoms with Crippen LogP contribution in [-0.2, 0) is 0 Å². The molecule has 28 heavy (non-hydrogen) atoms. The highest BCUT2D eigenvalue weighted by Gasteiger charge is 2.22. The number of aryl methyl sites for hydroxylation is 1. The van der Waals surface area contributed by atoms with Gasteiger partial charge in [0.2, 0.25) is 5.95 Å². The average Bonchev–Trinajstić information content (AvgIpc) is 2.67. The van der Waals surface area contributed by atoms with Crippen LogP contribution in [-0.4, -0.2) is 42.6 Å². The Morgan fingerprint density at radius 1 is 1.14 bits per heavy atom. The van der Waals surface area contributed by atoms with Crippen LogP contribution in [0.2, 0.25) is 0 Å². The molecule has 150 valence electrons. The molecule has 0 unspecified atom stereocenters. The zero-order valence-electron chi connectivity index (χ0n) is 16.7. The van der Waals surface area contributed by atoms with Crippen LogP contribution in [0, 0.1) is 12.8 Å². The summed E-state index contributed by atoms with van der Waals surface area (Å²) in [6.07, 6.45) is 4.30. The number of benzene rings is 1. The normalized spacial score (nSPS) is 19.1. The lowest BCUT2D eigenvalue weighted by atomic mass is 9.86. The van der Waals surface area contributed by atoms with Gasteiger partial charge >= 0.3 is 0 Å². The fourth-order valence-electron chi connectivity index (χ4n) is 3.48. The Kier molecular flexibility index (Phi) is 6.88. The molecule has 1 aliphatic rings. The number of nitrogens with one attached hydrogen (secondary N) is 2. The lowest BCUT2D eigenvalue weighted by Gasteiger charge is -2.29. The van der Waals surface area contributed by atoms with Crippen molar-refractivity contribution in [3.8, 4) is 0 Å². The molecule has 0 saturated heterocycles. The quantitative estimate of drug-likeness (QED) is 0.702. The maximum atomic E-state index is 12.3. The summed E-state index contributed by atoms with van der Waals surface area (Å²) in [5, 5.41) is 6.57. The van der Waals surface area contributed by atoms with Crippen molar-refractivity contribution in [3.63, 3.8) is 0 Å². The number of nitrogens with zero attached hydrogens (tertiary/aromatic N) is 3. The van der Waals surface area contributed by atoms with Crippen LogP contribution in [0.15, 0.2) is 34.8 Å². The van der Waals surface area contributed by atoms with E-state index in [1.54, 1.807) is 0 Å². The molecular formula is C21H28BrN5O. The van der Waals surface area contributed by atoms with Gasteiger partial charge in [-0.05, 0) is 62.8 Å². The standard InChI is InChI=1S/C21H28BrN5O/c1-14-12-19(27(2)3)26-21(24-14)25-18-10-4-15(5-11-18)13-23-20(28)16-6-8-17(22)9-7-16/h6-9,12,15,18H,4-5,10-11,13H2,1-3H3,(H,23,28)(H,24,25,26). The van der Waals surface area contributed by atoms with Crippen molar-refractivity contribution in [2.45, 2.75) is 38.6 Å². The Hall–Kier alpha value is -2.15. The van der Waals surface area contributed by atoms with Gasteiger partial charge in [-0.3, -0.25) is 4.79 Å². The zero-order valence-corrected chi connectivity index (χ0v) is 18.3. The fraction of sp³-hybridized carbons (Fsp3) is 0.476. The Morgan fingerprint density at radius 2 is 1.82 bits per heavy atom. The first-order valence-electron chi connectivity index (χ1n) is 9.74. The van der Waals surface area contributed by atoms with Crippen molar-refractivity contribution >= 4 is 33.6 Å². The van der Waals surface area contributed by atoms with E-state index in [9.17, 15) is 4.79 Å². The first kappa shape index (κ1) is 20.6. The lowest BCUT2D eigenvalue weighted by Crippen LogP contribution is -2.34. The number of hydrogen-bond acceptors (Lipinski definition) is 5. The molecule has 0 radical (unpaired) electrons. The molecular weight excluding hydrogens is 418 g/mol. The monoisotopic (exact) mass is 445 g/mol. The molecule has 2 aromatic rings. The molecule has 2 N–H and O–H groups in total. The number of amides is 1. The number of aromatic nitrogens is 2. The van der Waals surface area contributed by atoms with E-state index in [0.29, 0.717) is 23.5 Å². The largest absolute Gasteiger partial charge is 0.363 e. The summed E-state index contributed by atoms with van der Waals surface area (Å²) in [6, 6.07) is 9.82. The van der Waals surface area contributed by atoms with Crippen molar-refractivity contribution in [2.75, 3.05) is 30.9 Å². The molecule has 1 fully saturated rings. The van der Waals surface area contributed by atoms with Gasteiger partial charge < -0.3 is 15.5 Å². The second kappa shape index (κ2) is 9.37. The van der Waals surface area contributed by atoms with E-state index in [4.69, 9.17) is 0 Å². The molecule has 6 nitrogen and oxygen atoms in total. The predicted octanol–water partition coefficient (Wildman–Crippen LogP) is 4.01. The van der Waals surface area contributed by atoms with E-state index in [1.165, 1.54) is 0 Å². The summed E-state index contributed by atoms with van der Waals surface area (Å²) in [5.74, 6) is 2.14. The van der Waals surface area contributed by atoms with E-state index < -0.39 is 0 Å². The van der Waals surface area contributed by atoms with Gasteiger partial charge in [0, 0.05) is 48.5 Å². The van der Waals surface area contributed by atoms with Gasteiger partial charge in [-0.15, -0.1) is 0 Å². The summed E-state index contributed by atoms with van der Waals surface area (Å²) < 4.78 is 0.977. The molecule has 0 aliphatic heterocycles. The second-order valence-electron chi connectivity index (χ2n) is 7.66. The molecule has 1 aliphatic carbocycles. The minimum Gasteiger partial charge on any atom is -0.363 e. The Balaban J connectivity index is 1.46. The predicted molar refractivity (Wildman–Crippen MR) is 117 cm³/mol. The number of anilines is 2. The van der Waals surface area contributed by atoms with Crippen molar-refractivity contribution in [3.05, 3.63) is 46.1 Å². The minimum absolute atomic E-state index is 0.00266. The first-order chi connectivity index (χ1) is 13.4. The molecule has 0 spiro atoms. The van der Waals surface area contributed by atoms with Gasteiger partial charge in [0.05, 0.1) is 0 Å². The smallest absolute Gasteiger partial charge is 0.251 e. The van der Waals surface area contributed by atoms with Crippen LogP contribution in [0.25, 0.3) is 0 Å². The molecule has 1 aromatic heterocycles. The van der Waals surface area contributed by atoms with Crippen LogP contribution in [0.3, 0.4) is 0 Å². The highest BCUT2D eigenvalue weighted by atomic mass is 79.9. The van der Waals surface area contributed by atoms with Crippen molar-refractivity contribution in [1.29, 1.82) is 0 Å². The number of rotatable bonds is 6. The summed E-state index contributed by atoms with van der Waals surface area (Å²) >= 11 is 3.39. The van der Waals surface area contributed by atoms with Crippen LogP contribution < -0.4 is 15.5 Å². The van der Waals surface area contributed by atoms with Gasteiger partial charge in [0.15, 0.2) is 0 Å². The number of hydrogen-bond donors (Lipinski definition) is 2. The van der Waals surface area contributed by atoms with Gasteiger partial charge in [-0.25, -0.2) is 4.98 Å². The van der Waals surface area contributed by atoms with Crippen LogP contribution in [0.4, 0.5) is 11.8 Å². The van der Waals surface area contributed by atoms with Gasteiger partial charge in [0.25, 0.3) is 5.91 Å². The number of halogens is 1. The van der Waals surface area contributed by atoms with E-state index >= 15 is 0 Å². The molecule has 3 rings (SSSR count). The maximum absolute atomic E-state index is 12.3. The highest BCUT2D eigenvalue weighted by Crippen LogP contribution is 2.26. The SMILES string of the molecule is Cc1cc(N(C)C)nc(NC2CCC(CNC(=O)c3ccc(Br)cc3)CC2)n1. The van der Waals surface area contributed by atoms with E-state index in [-0.39, 0.29) is 5.91 Å². The first-order valence-corrected chi connectivity index (χ1v) is 10.5. The van der Waals surface area contributed by atoms with Crippen molar-refractivity contribution < 1.29 is 4.79 Å². The zero-order chi connectivity index (χ0) is 20.1. The Bertz CT molecular complexity index is 801. The van der Waals surface area contributed by atoms with E-state index in [0.717, 1.165) is 48.2 Å². The molecule has 1 aromatic carbocycles. The third-order valence-electron chi connectivity index (χ3n) is 5.14. The van der Waals surface area contributed by atoms with E-state index in [2.05, 4.69) is 36.5 Å². The van der Waals surface area contributed by atoms with E-state index in [1.807, 2.05) is 56.3 Å². The third kappa shape index (κ3) is 5.67. The van der Waals surface area contributed by atoms with Gasteiger partial charge in [0.1, 0.15) is 5.82 Å². The molecule has 1 saturated carbocycles. The fourth-order valence-corrected chi connectivity index (χ4v) is 3.74. The summed E-state index contributed by atoms with van der Waals surface area (Å²) in [5.41, 5.74) is 1.66. The lowest BCUT2D eigenvalue weighted by molar-refractivity contribution is 0.0943. The minimum atomic E-state index is -0.00266. The van der Waals surface area contributed by atoms with Gasteiger partial charge in [-0.1, -0.05) is 15.9 Å². The van der Waals surface area contributed by atoms with Crippen LogP contribution in [0.1, 0.15) is 41.7 Å².